The van der Waals surface area contributed by atoms with Crippen molar-refractivity contribution in [3.05, 3.63) is 12.7 Å². The van der Waals surface area contributed by atoms with Crippen molar-refractivity contribution >= 4 is 22.9 Å². The summed E-state index contributed by atoms with van der Waals surface area (Å²) in [7, 11) is 0. The van der Waals surface area contributed by atoms with E-state index in [1.54, 1.807) is 23.9 Å². The fourth-order valence-electron chi connectivity index (χ4n) is 3.13. The molecule has 2 fully saturated rings. The van der Waals surface area contributed by atoms with Crippen LogP contribution in [0.3, 0.4) is 0 Å². The fraction of sp³-hybridized carbons (Fsp3) is 0.538. The van der Waals surface area contributed by atoms with E-state index in [0.29, 0.717) is 11.2 Å². The average molecular weight is 336 g/mol. The van der Waals surface area contributed by atoms with E-state index in [1.807, 2.05) is 0 Å². The molecule has 2 aliphatic rings. The summed E-state index contributed by atoms with van der Waals surface area (Å²) in [6, 6.07) is 0. The van der Waals surface area contributed by atoms with Gasteiger partial charge >= 0.3 is 0 Å². The summed E-state index contributed by atoms with van der Waals surface area (Å²) in [5, 5.41) is 8.94. The molecule has 4 rings (SSSR count). The first-order valence-electron chi connectivity index (χ1n) is 7.29. The highest BCUT2D eigenvalue weighted by Crippen LogP contribution is 2.43. The van der Waals surface area contributed by atoms with E-state index in [1.165, 1.54) is 12.7 Å². The van der Waals surface area contributed by atoms with Crippen LogP contribution in [0.5, 0.6) is 0 Å². The van der Waals surface area contributed by atoms with Crippen molar-refractivity contribution in [3.63, 3.8) is 0 Å². The Hall–Kier alpha value is -2.34. The molecule has 1 amide bonds. The number of amides is 1. The first-order valence-corrected chi connectivity index (χ1v) is 7.29. The van der Waals surface area contributed by atoms with Crippen LogP contribution in [0.4, 0.5) is 5.82 Å². The van der Waals surface area contributed by atoms with Crippen LogP contribution in [0.1, 0.15) is 20.1 Å². The van der Waals surface area contributed by atoms with E-state index in [0.717, 1.165) is 0 Å². The molecular formula is C13H16N6O5. The highest BCUT2D eigenvalue weighted by atomic mass is 16.8. The van der Waals surface area contributed by atoms with E-state index >= 15 is 0 Å². The summed E-state index contributed by atoms with van der Waals surface area (Å²) in [5.41, 5.74) is 8.25. The van der Waals surface area contributed by atoms with Crippen molar-refractivity contribution in [2.24, 2.45) is 0 Å². The maximum Gasteiger partial charge on any atom is 0.275 e. The third kappa shape index (κ3) is 2.13. The molecule has 2 saturated heterocycles. The number of carbonyl (C=O) groups is 1. The van der Waals surface area contributed by atoms with Crippen LogP contribution in [0.25, 0.3) is 11.2 Å². The van der Waals surface area contributed by atoms with Crippen LogP contribution in [0, 0.1) is 0 Å². The molecule has 2 aromatic rings. The quantitative estimate of drug-likeness (QED) is 0.480. The van der Waals surface area contributed by atoms with Gasteiger partial charge in [-0.05, 0) is 13.8 Å². The summed E-state index contributed by atoms with van der Waals surface area (Å²) >= 11 is 0. The normalized spacial score (nSPS) is 31.3. The Balaban J connectivity index is 1.77. The van der Waals surface area contributed by atoms with Gasteiger partial charge in [-0.3, -0.25) is 14.6 Å². The number of imidazole rings is 1. The number of nitrogens with zero attached hydrogens (tertiary/aromatic N) is 4. The number of aromatic nitrogens is 4. The lowest BCUT2D eigenvalue weighted by atomic mass is 10.1. The number of ether oxygens (including phenoxy) is 3. The van der Waals surface area contributed by atoms with Gasteiger partial charge in [0.15, 0.2) is 29.6 Å². The Morgan fingerprint density at radius 1 is 1.33 bits per heavy atom. The van der Waals surface area contributed by atoms with Crippen molar-refractivity contribution in [2.45, 2.75) is 44.2 Å². The van der Waals surface area contributed by atoms with Crippen molar-refractivity contribution < 1.29 is 24.2 Å². The van der Waals surface area contributed by atoms with E-state index in [2.05, 4.69) is 15.0 Å². The minimum atomic E-state index is -1.04. The highest BCUT2D eigenvalue weighted by molar-refractivity contribution is 5.82. The van der Waals surface area contributed by atoms with Gasteiger partial charge in [-0.1, -0.05) is 0 Å². The molecule has 0 bridgehead atoms. The largest absolute Gasteiger partial charge is 0.382 e. The Morgan fingerprint density at radius 3 is 2.83 bits per heavy atom. The maximum absolute atomic E-state index is 11.9. The third-order valence-corrected chi connectivity index (χ3v) is 4.06. The minimum Gasteiger partial charge on any atom is -0.382 e. The monoisotopic (exact) mass is 336 g/mol. The van der Waals surface area contributed by atoms with E-state index < -0.39 is 36.2 Å². The van der Waals surface area contributed by atoms with Crippen LogP contribution >= 0.6 is 0 Å². The molecule has 4 N–H and O–H groups in total. The fourth-order valence-corrected chi connectivity index (χ4v) is 3.13. The SMILES string of the molecule is CC1(C)O[C@@H]2[C@H](O1)[C@H](n1cnc3c(N)ncnc31)O[C@@H]2C(=O)NO. The highest BCUT2D eigenvalue weighted by Gasteiger charge is 2.58. The number of hydrogen-bond acceptors (Lipinski definition) is 9. The predicted molar refractivity (Wildman–Crippen MR) is 77.4 cm³/mol. The lowest BCUT2D eigenvalue weighted by Crippen LogP contribution is -2.41. The number of anilines is 1. The van der Waals surface area contributed by atoms with Gasteiger partial charge in [0.2, 0.25) is 0 Å². The Kier molecular flexibility index (Phi) is 3.22. The molecule has 2 aliphatic heterocycles. The van der Waals surface area contributed by atoms with Gasteiger partial charge in [0.25, 0.3) is 5.91 Å². The summed E-state index contributed by atoms with van der Waals surface area (Å²) in [6.07, 6.45) is -0.229. The zero-order valence-corrected chi connectivity index (χ0v) is 12.9. The third-order valence-electron chi connectivity index (χ3n) is 4.06. The topological polar surface area (TPSA) is 147 Å². The van der Waals surface area contributed by atoms with Crippen molar-refractivity contribution in [1.82, 2.24) is 25.0 Å². The molecule has 0 saturated carbocycles. The summed E-state index contributed by atoms with van der Waals surface area (Å²) in [6.45, 7) is 3.48. The van der Waals surface area contributed by atoms with Crippen molar-refractivity contribution in [3.8, 4) is 0 Å². The predicted octanol–water partition coefficient (Wildman–Crippen LogP) is -0.669. The van der Waals surface area contributed by atoms with E-state index in [-0.39, 0.29) is 5.82 Å². The maximum atomic E-state index is 11.9. The van der Waals surface area contributed by atoms with Crippen LogP contribution in [0.2, 0.25) is 0 Å². The number of hydrogen-bond donors (Lipinski definition) is 3. The molecule has 0 spiro atoms. The molecule has 11 nitrogen and oxygen atoms in total. The number of fused-ring (bicyclic) bond motifs is 2. The van der Waals surface area contributed by atoms with Crippen molar-refractivity contribution in [2.75, 3.05) is 5.73 Å². The zero-order chi connectivity index (χ0) is 17.1. The molecule has 128 valence electrons. The Bertz CT molecular complexity index is 807. The van der Waals surface area contributed by atoms with Crippen LogP contribution in [0.15, 0.2) is 12.7 Å². The first-order chi connectivity index (χ1) is 11.4. The molecule has 11 heteroatoms. The second-order valence-electron chi connectivity index (χ2n) is 6.07. The number of nitrogens with two attached hydrogens (primary N) is 1. The molecule has 0 unspecified atom stereocenters. The van der Waals surface area contributed by atoms with Crippen LogP contribution in [-0.2, 0) is 19.0 Å². The second kappa shape index (κ2) is 5.08. The van der Waals surface area contributed by atoms with Gasteiger partial charge in [-0.2, -0.15) is 0 Å². The molecule has 4 heterocycles. The van der Waals surface area contributed by atoms with Crippen LogP contribution in [-0.4, -0.2) is 54.7 Å². The summed E-state index contributed by atoms with van der Waals surface area (Å²) in [4.78, 5) is 24.2. The summed E-state index contributed by atoms with van der Waals surface area (Å²) < 4.78 is 19.0. The number of hydroxylamine groups is 1. The molecule has 0 radical (unpaired) electrons. The molecule has 0 aliphatic carbocycles. The van der Waals surface area contributed by atoms with Crippen molar-refractivity contribution in [1.29, 1.82) is 0 Å². The van der Waals surface area contributed by atoms with E-state index in [9.17, 15) is 4.79 Å². The van der Waals surface area contributed by atoms with Gasteiger partial charge in [-0.25, -0.2) is 20.4 Å². The Morgan fingerprint density at radius 2 is 2.08 bits per heavy atom. The molecule has 2 aromatic heterocycles. The molecule has 24 heavy (non-hydrogen) atoms. The van der Waals surface area contributed by atoms with Gasteiger partial charge < -0.3 is 19.9 Å². The Labute approximate surface area is 135 Å². The number of carbonyl (C=O) groups excluding carboxylic acids is 1. The number of rotatable bonds is 2. The first kappa shape index (κ1) is 15.2. The van der Waals surface area contributed by atoms with Gasteiger partial charge in [-0.15, -0.1) is 0 Å². The lowest BCUT2D eigenvalue weighted by Gasteiger charge is -2.24. The lowest BCUT2D eigenvalue weighted by molar-refractivity contribution is -0.199. The summed E-state index contributed by atoms with van der Waals surface area (Å²) in [5.74, 6) is -1.37. The van der Waals surface area contributed by atoms with E-state index in [4.69, 9.17) is 25.2 Å². The molecular weight excluding hydrogens is 320 g/mol. The van der Waals surface area contributed by atoms with Gasteiger partial charge in [0.05, 0.1) is 6.33 Å². The molecule has 0 aromatic carbocycles. The second-order valence-corrected chi connectivity index (χ2v) is 6.07. The zero-order valence-electron chi connectivity index (χ0n) is 12.9. The number of nitrogens with one attached hydrogen (secondary N) is 1. The smallest absolute Gasteiger partial charge is 0.275 e. The molecule has 4 atom stereocenters. The average Bonchev–Trinajstić information content (AvgIpc) is 3.18. The van der Waals surface area contributed by atoms with Crippen LogP contribution < -0.4 is 11.2 Å². The minimum absolute atomic E-state index is 0.238. The standard InChI is InChI=1S/C13H16N6O5/c1-13(2)23-6-7(11(20)18-21)22-12(8(6)24-13)19-4-17-5-9(14)15-3-16-10(5)19/h3-4,6-8,12,21H,1-2H3,(H,18,20)(H2,14,15,16)/t6-,7-,8-,12+/m0/s1. The van der Waals surface area contributed by atoms with Gasteiger partial charge in [0, 0.05) is 0 Å². The van der Waals surface area contributed by atoms with Gasteiger partial charge in [0.1, 0.15) is 24.1 Å². The number of nitrogen functional groups attached to an aromatic ring is 1.